The fourth-order valence-electron chi connectivity index (χ4n) is 9.27. The predicted molar refractivity (Wildman–Crippen MR) is 125 cm³/mol. The van der Waals surface area contributed by atoms with Crippen LogP contribution in [0.4, 0.5) is 0 Å². The maximum Gasteiger partial charge on any atom is 0.309 e. The summed E-state index contributed by atoms with van der Waals surface area (Å²) in [5.41, 5.74) is -1.20. The van der Waals surface area contributed by atoms with Crippen molar-refractivity contribution >= 4 is 5.97 Å². The Morgan fingerprint density at radius 3 is 2.34 bits per heavy atom. The van der Waals surface area contributed by atoms with Gasteiger partial charge in [0.2, 0.25) is 0 Å². The summed E-state index contributed by atoms with van der Waals surface area (Å²) in [7, 11) is 0. The summed E-state index contributed by atoms with van der Waals surface area (Å²) in [6.45, 7) is 6.41. The minimum absolute atomic E-state index is 0.148. The summed E-state index contributed by atoms with van der Waals surface area (Å²) in [4.78, 5) is 13.1. The monoisotopic (exact) mass is 446 g/mol. The highest BCUT2D eigenvalue weighted by Crippen LogP contribution is 2.63. The number of fused-ring (bicyclic) bond motifs is 5. The second-order valence-electron chi connectivity index (χ2n) is 12.4. The molecule has 0 aromatic carbocycles. The van der Waals surface area contributed by atoms with E-state index in [0.717, 1.165) is 43.9 Å². The van der Waals surface area contributed by atoms with Crippen molar-refractivity contribution in [2.24, 2.45) is 35.5 Å². The molecule has 4 nitrogen and oxygen atoms in total. The molecule has 1 N–H and O–H groups in total. The summed E-state index contributed by atoms with van der Waals surface area (Å²) >= 11 is 0. The lowest BCUT2D eigenvalue weighted by Gasteiger charge is -2.38. The van der Waals surface area contributed by atoms with Gasteiger partial charge in [0, 0.05) is 0 Å². The second-order valence-corrected chi connectivity index (χ2v) is 12.4. The number of esters is 1. The van der Waals surface area contributed by atoms with Crippen LogP contribution in [-0.4, -0.2) is 34.5 Å². The van der Waals surface area contributed by atoms with Gasteiger partial charge in [-0.15, -0.1) is 0 Å². The molecule has 0 aromatic rings. The third-order valence-corrected chi connectivity index (χ3v) is 10.4. The van der Waals surface area contributed by atoms with E-state index in [9.17, 15) is 9.90 Å². The summed E-state index contributed by atoms with van der Waals surface area (Å²) in [6.07, 6.45) is 15.8. The van der Waals surface area contributed by atoms with Gasteiger partial charge in [0.1, 0.15) is 5.60 Å². The molecule has 0 amide bonds. The largest absolute Gasteiger partial charge is 0.459 e. The van der Waals surface area contributed by atoms with E-state index in [1.807, 2.05) is 6.92 Å². The summed E-state index contributed by atoms with van der Waals surface area (Å²) < 4.78 is 12.7. The van der Waals surface area contributed by atoms with Crippen LogP contribution in [0, 0.1) is 35.5 Å². The number of rotatable bonds is 8. The molecule has 8 atom stereocenters. The van der Waals surface area contributed by atoms with Crippen LogP contribution in [0.2, 0.25) is 0 Å². The number of carbonyl (C=O) groups excluding carboxylic acids is 1. The number of ether oxygens (including phenoxy) is 2. The summed E-state index contributed by atoms with van der Waals surface area (Å²) in [6, 6.07) is 0. The van der Waals surface area contributed by atoms with Gasteiger partial charge in [-0.2, -0.15) is 0 Å². The van der Waals surface area contributed by atoms with Crippen LogP contribution in [0.25, 0.3) is 0 Å². The molecule has 182 valence electrons. The van der Waals surface area contributed by atoms with Crippen molar-refractivity contribution in [3.8, 4) is 0 Å². The molecule has 5 fully saturated rings. The zero-order chi connectivity index (χ0) is 22.5. The highest BCUT2D eigenvalue weighted by Gasteiger charge is 2.61. The Kier molecular flexibility index (Phi) is 6.42. The molecule has 1 aliphatic heterocycles. The maximum absolute atomic E-state index is 13.1. The molecule has 4 saturated carbocycles. The number of aliphatic hydroxyl groups is 1. The Morgan fingerprint density at radius 1 is 1.03 bits per heavy atom. The van der Waals surface area contributed by atoms with Crippen LogP contribution in [0.3, 0.4) is 0 Å². The Labute approximate surface area is 195 Å². The Bertz CT molecular complexity index is 675. The first-order valence-electron chi connectivity index (χ1n) is 14.0. The molecule has 0 radical (unpaired) electrons. The molecule has 1 saturated heterocycles. The van der Waals surface area contributed by atoms with E-state index in [-0.39, 0.29) is 18.0 Å². The molecular weight excluding hydrogens is 400 g/mol. The highest BCUT2D eigenvalue weighted by atomic mass is 16.6. The first kappa shape index (κ1) is 23.1. The van der Waals surface area contributed by atoms with Crippen LogP contribution in [0.15, 0.2) is 0 Å². The number of carbonyl (C=O) groups is 1. The van der Waals surface area contributed by atoms with Gasteiger partial charge in [-0.3, -0.25) is 4.79 Å². The molecule has 2 bridgehead atoms. The first-order valence-corrected chi connectivity index (χ1v) is 14.0. The van der Waals surface area contributed by atoms with Gasteiger partial charge < -0.3 is 14.6 Å². The zero-order valence-corrected chi connectivity index (χ0v) is 20.7. The van der Waals surface area contributed by atoms with Gasteiger partial charge in [0.15, 0.2) is 0 Å². The minimum atomic E-state index is -0.970. The molecule has 4 heteroatoms. The van der Waals surface area contributed by atoms with Gasteiger partial charge in [-0.1, -0.05) is 26.7 Å². The zero-order valence-electron chi connectivity index (χ0n) is 20.7. The van der Waals surface area contributed by atoms with Crippen molar-refractivity contribution in [2.45, 2.75) is 134 Å². The van der Waals surface area contributed by atoms with Crippen LogP contribution in [0.5, 0.6) is 0 Å². The third kappa shape index (κ3) is 4.06. The highest BCUT2D eigenvalue weighted by molar-refractivity contribution is 5.71. The van der Waals surface area contributed by atoms with Crippen LogP contribution in [0.1, 0.15) is 111 Å². The Morgan fingerprint density at radius 2 is 1.69 bits per heavy atom. The van der Waals surface area contributed by atoms with Crippen molar-refractivity contribution in [3.05, 3.63) is 0 Å². The fourth-order valence-corrected chi connectivity index (χ4v) is 9.27. The van der Waals surface area contributed by atoms with E-state index < -0.39 is 5.60 Å². The van der Waals surface area contributed by atoms with Gasteiger partial charge in [0.05, 0.1) is 24.2 Å². The van der Waals surface area contributed by atoms with Crippen LogP contribution >= 0.6 is 0 Å². The lowest BCUT2D eigenvalue weighted by Crippen LogP contribution is -2.42. The van der Waals surface area contributed by atoms with Crippen molar-refractivity contribution in [2.75, 3.05) is 0 Å². The fraction of sp³-hybridized carbons (Fsp3) is 0.964. The van der Waals surface area contributed by atoms with Crippen LogP contribution in [-0.2, 0) is 14.3 Å². The second kappa shape index (κ2) is 8.87. The molecule has 0 spiro atoms. The standard InChI is InChI=1S/C28H46O4/c1-4-22-25-18-14-19(21(15-18)26(25)23(5-2)31-22)16-27(3,30)17-24(29)32-28(12-8-9-13-28)20-10-6-7-11-20/h18-23,25-26,30H,4-17H2,1-3H3. The van der Waals surface area contributed by atoms with Crippen molar-refractivity contribution in [1.29, 1.82) is 0 Å². The average molecular weight is 447 g/mol. The van der Waals surface area contributed by atoms with Gasteiger partial charge >= 0.3 is 5.97 Å². The van der Waals surface area contributed by atoms with Crippen molar-refractivity contribution < 1.29 is 19.4 Å². The smallest absolute Gasteiger partial charge is 0.309 e. The molecule has 5 rings (SSSR count). The first-order chi connectivity index (χ1) is 15.4. The summed E-state index contributed by atoms with van der Waals surface area (Å²) in [5, 5.41) is 11.3. The number of hydrogen-bond donors (Lipinski definition) is 1. The van der Waals surface area contributed by atoms with Crippen molar-refractivity contribution in [3.63, 3.8) is 0 Å². The SMILES string of the molecule is CCC1OC(CC)C2C3CC(CC3CC(C)(O)CC(=O)OC3(C4CCCC4)CCCC3)C12. The van der Waals surface area contributed by atoms with Gasteiger partial charge in [-0.25, -0.2) is 0 Å². The van der Waals surface area contributed by atoms with Gasteiger partial charge in [0.25, 0.3) is 0 Å². The van der Waals surface area contributed by atoms with E-state index in [1.54, 1.807) is 0 Å². The third-order valence-electron chi connectivity index (χ3n) is 10.4. The maximum atomic E-state index is 13.1. The lowest BCUT2D eigenvalue weighted by atomic mass is 9.68. The van der Waals surface area contributed by atoms with E-state index in [2.05, 4.69) is 13.8 Å². The average Bonchev–Trinajstić information content (AvgIpc) is 3.53. The van der Waals surface area contributed by atoms with E-state index in [4.69, 9.17) is 9.47 Å². The molecule has 1 heterocycles. The Balaban J connectivity index is 1.20. The topological polar surface area (TPSA) is 55.8 Å². The minimum Gasteiger partial charge on any atom is -0.459 e. The lowest BCUT2D eigenvalue weighted by molar-refractivity contribution is -0.171. The van der Waals surface area contributed by atoms with Crippen molar-refractivity contribution in [1.82, 2.24) is 0 Å². The van der Waals surface area contributed by atoms with E-state index in [1.165, 1.54) is 51.4 Å². The molecule has 5 aliphatic rings. The quantitative estimate of drug-likeness (QED) is 0.462. The van der Waals surface area contributed by atoms with E-state index in [0.29, 0.717) is 35.9 Å². The van der Waals surface area contributed by atoms with Crippen LogP contribution < -0.4 is 0 Å². The predicted octanol–water partition coefficient (Wildman–Crippen LogP) is 6.04. The van der Waals surface area contributed by atoms with E-state index >= 15 is 0 Å². The molecule has 8 unspecified atom stereocenters. The van der Waals surface area contributed by atoms with Gasteiger partial charge in [-0.05, 0) is 113 Å². The summed E-state index contributed by atoms with van der Waals surface area (Å²) in [5.74, 6) is 3.72. The molecule has 4 aliphatic carbocycles. The Hall–Kier alpha value is -0.610. The normalized spacial score (nSPS) is 42.3. The molecule has 32 heavy (non-hydrogen) atoms. The molecular formula is C28H46O4. The molecule has 0 aromatic heterocycles. The number of hydrogen-bond acceptors (Lipinski definition) is 4.